The van der Waals surface area contributed by atoms with Crippen LogP contribution in [0.5, 0.6) is 0 Å². The van der Waals surface area contributed by atoms with Gasteiger partial charge in [-0.2, -0.15) is 4.31 Å². The first-order valence-corrected chi connectivity index (χ1v) is 13.7. The normalized spacial score (nSPS) is 19.2. The summed E-state index contributed by atoms with van der Waals surface area (Å²) in [4.78, 5) is 20.1. The van der Waals surface area contributed by atoms with Crippen molar-refractivity contribution >= 4 is 32.4 Å². The quantitative estimate of drug-likeness (QED) is 0.686. The Hall–Kier alpha value is -1.81. The Morgan fingerprint density at radius 1 is 1.12 bits per heavy atom. The Balaban J connectivity index is 1.31. The van der Waals surface area contributed by atoms with Gasteiger partial charge in [0, 0.05) is 30.9 Å². The number of carbonyl (C=O) groups excluding carboxylic acids is 1. The number of hydrogen-bond donors (Lipinski definition) is 1. The summed E-state index contributed by atoms with van der Waals surface area (Å²) in [6.07, 6.45) is 4.82. The molecule has 0 spiro atoms. The Labute approximate surface area is 194 Å². The zero-order valence-electron chi connectivity index (χ0n) is 18.8. The second kappa shape index (κ2) is 9.99. The molecular weight excluding hydrogens is 444 g/mol. The second-order valence-electron chi connectivity index (χ2n) is 8.92. The number of anilines is 1. The number of sulfonamides is 1. The molecular formula is C23H32N4O3S2. The molecule has 2 aliphatic heterocycles. The van der Waals surface area contributed by atoms with Crippen molar-refractivity contribution in [2.75, 3.05) is 31.5 Å². The van der Waals surface area contributed by atoms with Gasteiger partial charge in [0.05, 0.1) is 10.6 Å². The van der Waals surface area contributed by atoms with Crippen LogP contribution in [0.4, 0.5) is 5.13 Å². The van der Waals surface area contributed by atoms with Gasteiger partial charge in [-0.15, -0.1) is 11.3 Å². The Bertz CT molecular complexity index is 1050. The smallest absolute Gasteiger partial charge is 0.243 e. The number of rotatable bonds is 6. The van der Waals surface area contributed by atoms with E-state index in [1.54, 1.807) is 6.07 Å². The molecule has 174 valence electrons. The largest absolute Gasteiger partial charge is 0.302 e. The van der Waals surface area contributed by atoms with E-state index in [0.29, 0.717) is 36.0 Å². The van der Waals surface area contributed by atoms with Crippen molar-refractivity contribution in [3.63, 3.8) is 0 Å². The minimum Gasteiger partial charge on any atom is -0.302 e. The first-order valence-electron chi connectivity index (χ1n) is 11.4. The Morgan fingerprint density at radius 3 is 2.53 bits per heavy atom. The average molecular weight is 477 g/mol. The molecule has 2 aliphatic rings. The molecule has 32 heavy (non-hydrogen) atoms. The molecule has 2 saturated heterocycles. The summed E-state index contributed by atoms with van der Waals surface area (Å²) in [7, 11) is -3.54. The number of carbonyl (C=O) groups is 1. The van der Waals surface area contributed by atoms with Crippen LogP contribution in [0.25, 0.3) is 0 Å². The van der Waals surface area contributed by atoms with Crippen LogP contribution < -0.4 is 5.32 Å². The van der Waals surface area contributed by atoms with Crippen molar-refractivity contribution in [1.29, 1.82) is 0 Å². The molecule has 1 N–H and O–H groups in total. The molecule has 0 bridgehead atoms. The van der Waals surface area contributed by atoms with Crippen molar-refractivity contribution in [3.05, 3.63) is 40.4 Å². The molecule has 4 rings (SSSR count). The highest BCUT2D eigenvalue weighted by Crippen LogP contribution is 2.27. The van der Waals surface area contributed by atoms with Crippen molar-refractivity contribution in [2.24, 2.45) is 5.92 Å². The molecule has 1 aromatic carbocycles. The summed E-state index contributed by atoms with van der Waals surface area (Å²) >= 11 is 1.46. The number of benzene rings is 1. The summed E-state index contributed by atoms with van der Waals surface area (Å²) in [6, 6.07) is 5.40. The fraction of sp³-hybridized carbons (Fsp3) is 0.565. The van der Waals surface area contributed by atoms with Crippen LogP contribution in [-0.2, 0) is 21.4 Å². The van der Waals surface area contributed by atoms with Gasteiger partial charge < -0.3 is 5.32 Å². The van der Waals surface area contributed by atoms with Gasteiger partial charge in [-0.25, -0.2) is 13.4 Å². The molecule has 2 aromatic rings. The lowest BCUT2D eigenvalue weighted by atomic mass is 9.97. The third kappa shape index (κ3) is 5.39. The number of piperidine rings is 2. The lowest BCUT2D eigenvalue weighted by Gasteiger charge is -2.30. The fourth-order valence-electron chi connectivity index (χ4n) is 4.58. The number of likely N-dealkylation sites (tertiary alicyclic amines) is 1. The van der Waals surface area contributed by atoms with Gasteiger partial charge in [0.1, 0.15) is 0 Å². The van der Waals surface area contributed by atoms with E-state index in [4.69, 9.17) is 0 Å². The van der Waals surface area contributed by atoms with Crippen molar-refractivity contribution in [2.45, 2.75) is 57.4 Å². The number of thiazole rings is 1. The molecule has 0 atom stereocenters. The first-order chi connectivity index (χ1) is 15.3. The third-order valence-electron chi connectivity index (χ3n) is 6.39. The standard InChI is InChI=1S/C23H32N4O3S2/c1-17-6-7-21(18(2)14-17)32(29,30)27-12-8-19(9-13-27)22(28)25-23-24-20(16-31-23)15-26-10-4-3-5-11-26/h6-7,14,16,19H,3-5,8-13,15H2,1-2H3,(H,24,25,28). The highest BCUT2D eigenvalue weighted by Gasteiger charge is 2.33. The molecule has 2 fully saturated rings. The maximum absolute atomic E-state index is 13.1. The third-order valence-corrected chi connectivity index (χ3v) is 9.25. The molecule has 1 aromatic heterocycles. The Kier molecular flexibility index (Phi) is 7.29. The van der Waals surface area contributed by atoms with Gasteiger partial charge in [0.2, 0.25) is 15.9 Å². The predicted octanol–water partition coefficient (Wildman–Crippen LogP) is 3.79. The summed E-state index contributed by atoms with van der Waals surface area (Å²) in [5.41, 5.74) is 2.80. The first kappa shape index (κ1) is 23.4. The summed E-state index contributed by atoms with van der Waals surface area (Å²) in [6.45, 7) is 7.55. The van der Waals surface area contributed by atoms with E-state index >= 15 is 0 Å². The zero-order valence-corrected chi connectivity index (χ0v) is 20.5. The second-order valence-corrected chi connectivity index (χ2v) is 11.7. The lowest BCUT2D eigenvalue weighted by Crippen LogP contribution is -2.41. The van der Waals surface area contributed by atoms with Gasteiger partial charge in [-0.3, -0.25) is 9.69 Å². The Morgan fingerprint density at radius 2 is 1.84 bits per heavy atom. The van der Waals surface area contributed by atoms with Crippen molar-refractivity contribution in [3.8, 4) is 0 Å². The van der Waals surface area contributed by atoms with E-state index in [2.05, 4.69) is 15.2 Å². The van der Waals surface area contributed by atoms with Crippen LogP contribution in [0.15, 0.2) is 28.5 Å². The van der Waals surface area contributed by atoms with E-state index in [-0.39, 0.29) is 11.8 Å². The minimum atomic E-state index is -3.54. The van der Waals surface area contributed by atoms with Crippen LogP contribution in [0.1, 0.15) is 48.9 Å². The van der Waals surface area contributed by atoms with Crippen LogP contribution in [0, 0.1) is 19.8 Å². The van der Waals surface area contributed by atoms with E-state index < -0.39 is 10.0 Å². The van der Waals surface area contributed by atoms with Gasteiger partial charge >= 0.3 is 0 Å². The maximum Gasteiger partial charge on any atom is 0.243 e. The maximum atomic E-state index is 13.1. The van der Waals surface area contributed by atoms with Gasteiger partial charge in [-0.05, 0) is 64.3 Å². The van der Waals surface area contributed by atoms with E-state index in [1.807, 2.05) is 31.4 Å². The van der Waals surface area contributed by atoms with Gasteiger partial charge in [-0.1, -0.05) is 24.1 Å². The average Bonchev–Trinajstić information content (AvgIpc) is 3.21. The highest BCUT2D eigenvalue weighted by molar-refractivity contribution is 7.89. The van der Waals surface area contributed by atoms with Crippen molar-refractivity contribution in [1.82, 2.24) is 14.2 Å². The number of nitrogens with one attached hydrogen (secondary N) is 1. The van der Waals surface area contributed by atoms with E-state index in [9.17, 15) is 13.2 Å². The molecule has 1 amide bonds. The summed E-state index contributed by atoms with van der Waals surface area (Å²) in [5.74, 6) is -0.262. The molecule has 3 heterocycles. The number of hydrogen-bond acceptors (Lipinski definition) is 6. The van der Waals surface area contributed by atoms with Crippen LogP contribution in [-0.4, -0.2) is 54.7 Å². The van der Waals surface area contributed by atoms with E-state index in [0.717, 1.165) is 36.5 Å². The fourth-order valence-corrected chi connectivity index (χ4v) is 6.96. The molecule has 9 heteroatoms. The molecule has 0 radical (unpaired) electrons. The van der Waals surface area contributed by atoms with Crippen LogP contribution >= 0.6 is 11.3 Å². The van der Waals surface area contributed by atoms with Crippen LogP contribution in [0.3, 0.4) is 0 Å². The zero-order chi connectivity index (χ0) is 22.7. The summed E-state index contributed by atoms with van der Waals surface area (Å²) < 4.78 is 27.6. The van der Waals surface area contributed by atoms with Crippen LogP contribution in [0.2, 0.25) is 0 Å². The minimum absolute atomic E-state index is 0.0626. The predicted molar refractivity (Wildman–Crippen MR) is 127 cm³/mol. The topological polar surface area (TPSA) is 82.6 Å². The highest BCUT2D eigenvalue weighted by atomic mass is 32.2. The molecule has 7 nitrogen and oxygen atoms in total. The number of aromatic nitrogens is 1. The lowest BCUT2D eigenvalue weighted by molar-refractivity contribution is -0.120. The summed E-state index contributed by atoms with van der Waals surface area (Å²) in [5, 5.41) is 5.60. The number of nitrogens with zero attached hydrogens (tertiary/aromatic N) is 3. The van der Waals surface area contributed by atoms with Gasteiger partial charge in [0.25, 0.3) is 0 Å². The molecule has 0 unspecified atom stereocenters. The van der Waals surface area contributed by atoms with Gasteiger partial charge in [0.15, 0.2) is 5.13 Å². The SMILES string of the molecule is Cc1ccc(S(=O)(=O)N2CCC(C(=O)Nc3nc(CN4CCCCC4)cs3)CC2)c(C)c1. The van der Waals surface area contributed by atoms with E-state index in [1.165, 1.54) is 34.9 Å². The number of aryl methyl sites for hydroxylation is 2. The van der Waals surface area contributed by atoms with Crippen molar-refractivity contribution < 1.29 is 13.2 Å². The molecule has 0 aliphatic carbocycles. The monoisotopic (exact) mass is 476 g/mol. The molecule has 0 saturated carbocycles. The number of amides is 1.